The van der Waals surface area contributed by atoms with E-state index < -0.39 is 17.9 Å². The predicted octanol–water partition coefficient (Wildman–Crippen LogP) is 3.74. The highest BCUT2D eigenvalue weighted by Crippen LogP contribution is 2.55. The molecule has 0 saturated heterocycles. The first kappa shape index (κ1) is 14.1. The van der Waals surface area contributed by atoms with E-state index in [0.29, 0.717) is 16.4 Å². The fourth-order valence-corrected chi connectivity index (χ4v) is 10.7. The van der Waals surface area contributed by atoms with Gasteiger partial charge in [0.1, 0.15) is 0 Å². The molecule has 1 saturated carbocycles. The lowest BCUT2D eigenvalue weighted by molar-refractivity contribution is 0.558. The molecule has 4 unspecified atom stereocenters. The minimum Gasteiger partial charge on any atom is -0.223 e. The molecule has 0 amide bonds. The Bertz CT molecular complexity index is 628. The summed E-state index contributed by atoms with van der Waals surface area (Å²) < 4.78 is 26.1. The highest BCUT2D eigenvalue weighted by Gasteiger charge is 2.55. The quantitative estimate of drug-likeness (QED) is 0.629. The van der Waals surface area contributed by atoms with Crippen LogP contribution in [0.3, 0.4) is 0 Å². The molecular weight excluding hydrogens is 284 g/mol. The van der Waals surface area contributed by atoms with Crippen LogP contribution < -0.4 is 0 Å². The van der Waals surface area contributed by atoms with E-state index >= 15 is 0 Å². The Balaban J connectivity index is 2.07. The van der Waals surface area contributed by atoms with Crippen molar-refractivity contribution in [1.29, 1.82) is 0 Å². The fraction of sp³-hybridized carbons (Fsp3) is 0.500. The molecule has 1 aromatic rings. The third-order valence-electron chi connectivity index (χ3n) is 4.82. The van der Waals surface area contributed by atoms with Gasteiger partial charge in [0.25, 0.3) is 0 Å². The van der Waals surface area contributed by atoms with Gasteiger partial charge in [-0.3, -0.25) is 0 Å². The van der Waals surface area contributed by atoms with Gasteiger partial charge in [-0.1, -0.05) is 50.0 Å². The second-order valence-corrected chi connectivity index (χ2v) is 14.7. The molecule has 2 nitrogen and oxygen atoms in total. The molecule has 2 aliphatic carbocycles. The van der Waals surface area contributed by atoms with Crippen LogP contribution in [0.15, 0.2) is 47.4 Å². The average molecular weight is 307 g/mol. The molecular formula is C16H22O2SSi. The van der Waals surface area contributed by atoms with Crippen LogP contribution in [0.1, 0.15) is 6.42 Å². The summed E-state index contributed by atoms with van der Waals surface area (Å²) in [7, 11) is -4.73. The zero-order valence-electron chi connectivity index (χ0n) is 12.3. The van der Waals surface area contributed by atoms with Crippen molar-refractivity contribution in [3.63, 3.8) is 0 Å². The van der Waals surface area contributed by atoms with Crippen LogP contribution in [-0.2, 0) is 9.84 Å². The van der Waals surface area contributed by atoms with Crippen LogP contribution in [0.2, 0.25) is 25.2 Å². The molecule has 2 bridgehead atoms. The van der Waals surface area contributed by atoms with Crippen LogP contribution >= 0.6 is 0 Å². The molecule has 20 heavy (non-hydrogen) atoms. The SMILES string of the molecule is C[Si](C)(C)C1C2C=CC(C2)C1S(=O)(=O)c1ccccc1. The van der Waals surface area contributed by atoms with Crippen molar-refractivity contribution < 1.29 is 8.42 Å². The number of rotatable bonds is 3. The standard InChI is InChI=1S/C16H22O2SSi/c1-20(2,3)16-13-10-9-12(11-13)15(16)19(17,18)14-7-5-4-6-8-14/h4-10,12-13,15-16H,11H2,1-3H3. The molecule has 1 fully saturated rings. The van der Waals surface area contributed by atoms with Gasteiger partial charge >= 0.3 is 0 Å². The van der Waals surface area contributed by atoms with Crippen molar-refractivity contribution in [2.45, 2.75) is 41.7 Å². The van der Waals surface area contributed by atoms with Crippen LogP contribution in [0.4, 0.5) is 0 Å². The molecule has 4 atom stereocenters. The maximum atomic E-state index is 13.1. The first-order valence-corrected chi connectivity index (χ1v) is 12.4. The van der Waals surface area contributed by atoms with Gasteiger partial charge in [-0.15, -0.1) is 0 Å². The van der Waals surface area contributed by atoms with E-state index in [0.717, 1.165) is 6.42 Å². The summed E-state index contributed by atoms with van der Waals surface area (Å²) in [6, 6.07) is 8.99. The van der Waals surface area contributed by atoms with Gasteiger partial charge in [-0.25, -0.2) is 8.42 Å². The normalized spacial score (nSPS) is 32.8. The van der Waals surface area contributed by atoms with Gasteiger partial charge in [0.2, 0.25) is 0 Å². The van der Waals surface area contributed by atoms with Crippen molar-refractivity contribution >= 4 is 17.9 Å². The van der Waals surface area contributed by atoms with Crippen molar-refractivity contribution in [3.8, 4) is 0 Å². The van der Waals surface area contributed by atoms with Gasteiger partial charge in [-0.05, 0) is 35.9 Å². The predicted molar refractivity (Wildman–Crippen MR) is 85.2 cm³/mol. The third kappa shape index (κ3) is 2.09. The first-order chi connectivity index (χ1) is 9.32. The summed E-state index contributed by atoms with van der Waals surface area (Å²) >= 11 is 0. The molecule has 2 aliphatic rings. The summed E-state index contributed by atoms with van der Waals surface area (Å²) in [4.78, 5) is 0.495. The Labute approximate surface area is 122 Å². The van der Waals surface area contributed by atoms with Gasteiger partial charge in [0, 0.05) is 8.07 Å². The summed E-state index contributed by atoms with van der Waals surface area (Å²) in [6.45, 7) is 6.92. The highest BCUT2D eigenvalue weighted by atomic mass is 32.2. The smallest absolute Gasteiger partial charge is 0.181 e. The second-order valence-electron chi connectivity index (χ2n) is 7.16. The maximum Gasteiger partial charge on any atom is 0.181 e. The topological polar surface area (TPSA) is 34.1 Å². The highest BCUT2D eigenvalue weighted by molar-refractivity contribution is 7.92. The number of hydrogen-bond acceptors (Lipinski definition) is 2. The van der Waals surface area contributed by atoms with Crippen molar-refractivity contribution in [3.05, 3.63) is 42.5 Å². The van der Waals surface area contributed by atoms with Gasteiger partial charge in [0.05, 0.1) is 10.1 Å². The largest absolute Gasteiger partial charge is 0.223 e. The van der Waals surface area contributed by atoms with Gasteiger partial charge in [-0.2, -0.15) is 0 Å². The van der Waals surface area contributed by atoms with Crippen LogP contribution in [-0.4, -0.2) is 21.7 Å². The molecule has 0 N–H and O–H groups in total. The number of hydrogen-bond donors (Lipinski definition) is 0. The summed E-state index contributed by atoms with van der Waals surface area (Å²) in [6.07, 6.45) is 5.45. The average Bonchev–Trinajstić information content (AvgIpc) is 2.99. The van der Waals surface area contributed by atoms with Crippen LogP contribution in [0.25, 0.3) is 0 Å². The van der Waals surface area contributed by atoms with E-state index in [1.54, 1.807) is 12.1 Å². The van der Waals surface area contributed by atoms with Crippen molar-refractivity contribution in [2.24, 2.45) is 11.8 Å². The lowest BCUT2D eigenvalue weighted by Crippen LogP contribution is -2.42. The van der Waals surface area contributed by atoms with Crippen LogP contribution in [0, 0.1) is 11.8 Å². The van der Waals surface area contributed by atoms with E-state index in [1.807, 2.05) is 18.2 Å². The van der Waals surface area contributed by atoms with Crippen LogP contribution in [0.5, 0.6) is 0 Å². The van der Waals surface area contributed by atoms with E-state index in [1.165, 1.54) is 0 Å². The molecule has 4 heteroatoms. The molecule has 0 radical (unpaired) electrons. The lowest BCUT2D eigenvalue weighted by atomic mass is 10.1. The van der Waals surface area contributed by atoms with Gasteiger partial charge in [0.15, 0.2) is 9.84 Å². The second kappa shape index (κ2) is 4.57. The van der Waals surface area contributed by atoms with E-state index in [-0.39, 0.29) is 11.2 Å². The number of allylic oxidation sites excluding steroid dienone is 2. The first-order valence-electron chi connectivity index (χ1n) is 7.29. The lowest BCUT2D eigenvalue weighted by Gasteiger charge is -2.36. The summed E-state index contributed by atoms with van der Waals surface area (Å²) in [5.41, 5.74) is 0.350. The molecule has 1 aromatic carbocycles. The number of sulfone groups is 1. The summed E-state index contributed by atoms with van der Waals surface area (Å²) in [5.74, 6) is 0.706. The molecule has 0 aliphatic heterocycles. The maximum absolute atomic E-state index is 13.1. The minimum atomic E-state index is -3.22. The van der Waals surface area contributed by atoms with E-state index in [2.05, 4.69) is 31.8 Å². The Morgan fingerprint density at radius 2 is 1.60 bits per heavy atom. The Kier molecular flexibility index (Phi) is 3.21. The molecule has 0 aromatic heterocycles. The van der Waals surface area contributed by atoms with E-state index in [4.69, 9.17) is 0 Å². The Hall–Kier alpha value is -0.873. The van der Waals surface area contributed by atoms with Gasteiger partial charge < -0.3 is 0 Å². The Morgan fingerprint density at radius 3 is 2.20 bits per heavy atom. The summed E-state index contributed by atoms with van der Waals surface area (Å²) in [5, 5.41) is -0.202. The van der Waals surface area contributed by atoms with Crippen molar-refractivity contribution in [1.82, 2.24) is 0 Å². The van der Waals surface area contributed by atoms with Crippen molar-refractivity contribution in [2.75, 3.05) is 0 Å². The molecule has 3 rings (SSSR count). The Morgan fingerprint density at radius 1 is 1.00 bits per heavy atom. The van der Waals surface area contributed by atoms with E-state index in [9.17, 15) is 8.42 Å². The number of benzene rings is 1. The zero-order valence-corrected chi connectivity index (χ0v) is 14.1. The minimum absolute atomic E-state index is 0.202. The zero-order chi connectivity index (χ0) is 14.5. The molecule has 108 valence electrons. The fourth-order valence-electron chi connectivity index (χ4n) is 4.10. The third-order valence-corrected chi connectivity index (χ3v) is 10.1. The monoisotopic (exact) mass is 306 g/mol. The molecule has 0 spiro atoms. The molecule has 0 heterocycles. The number of fused-ring (bicyclic) bond motifs is 2.